The van der Waals surface area contributed by atoms with Crippen molar-refractivity contribution < 1.29 is 19.1 Å². The maximum Gasteiger partial charge on any atom is 0.308 e. The summed E-state index contributed by atoms with van der Waals surface area (Å²) in [6.45, 7) is 0.761. The molecular weight excluding hydrogens is 331 g/mol. The lowest BCUT2D eigenvalue weighted by atomic mass is 9.98. The molecule has 1 saturated heterocycles. The number of likely N-dealkylation sites (tertiary alicyclic amines) is 1. The van der Waals surface area contributed by atoms with Crippen LogP contribution in [0.1, 0.15) is 33.9 Å². The first-order chi connectivity index (χ1) is 11.5. The molecule has 0 radical (unpaired) electrons. The fourth-order valence-electron chi connectivity index (χ4n) is 2.82. The van der Waals surface area contributed by atoms with Crippen LogP contribution in [0, 0.1) is 11.7 Å². The number of benzene rings is 1. The molecule has 0 unspecified atom stereocenters. The van der Waals surface area contributed by atoms with Crippen LogP contribution in [0.15, 0.2) is 29.6 Å². The number of aromatic nitrogens is 1. The summed E-state index contributed by atoms with van der Waals surface area (Å²) in [5.74, 6) is -1.93. The summed E-state index contributed by atoms with van der Waals surface area (Å²) in [6, 6.07) is 6.48. The van der Waals surface area contributed by atoms with E-state index in [1.807, 2.05) is 0 Å². The van der Waals surface area contributed by atoms with Crippen LogP contribution in [0.3, 0.4) is 0 Å². The monoisotopic (exact) mass is 348 g/mol. The van der Waals surface area contributed by atoms with E-state index in [0.717, 1.165) is 0 Å². The third kappa shape index (κ3) is 3.62. The predicted octanol–water partition coefficient (Wildman–Crippen LogP) is 2.81. The molecular formula is C17H17FN2O3S. The van der Waals surface area contributed by atoms with E-state index in [0.29, 0.717) is 42.1 Å². The van der Waals surface area contributed by atoms with Gasteiger partial charge < -0.3 is 10.0 Å². The van der Waals surface area contributed by atoms with Gasteiger partial charge in [-0.25, -0.2) is 9.37 Å². The number of thiazole rings is 1. The maximum atomic E-state index is 13.7. The lowest BCUT2D eigenvalue weighted by Crippen LogP contribution is -2.42. The Morgan fingerprint density at radius 1 is 1.38 bits per heavy atom. The number of carbonyl (C=O) groups excluding carboxylic acids is 1. The molecule has 24 heavy (non-hydrogen) atoms. The summed E-state index contributed by atoms with van der Waals surface area (Å²) in [6.07, 6.45) is 1.60. The van der Waals surface area contributed by atoms with Gasteiger partial charge in [0.2, 0.25) is 0 Å². The van der Waals surface area contributed by atoms with Gasteiger partial charge in [-0.1, -0.05) is 18.2 Å². The first-order valence-electron chi connectivity index (χ1n) is 7.74. The number of halogens is 1. The molecule has 5 nitrogen and oxygen atoms in total. The fraction of sp³-hybridized carbons (Fsp3) is 0.353. The molecule has 0 saturated carbocycles. The SMILES string of the molecule is O=C(O)[C@H]1CCCN(C(=O)c2csc(Cc3ccccc3F)n2)C1. The molecule has 7 heteroatoms. The molecule has 1 aliphatic rings. The number of hydrogen-bond acceptors (Lipinski definition) is 4. The number of rotatable bonds is 4. The van der Waals surface area contributed by atoms with E-state index in [9.17, 15) is 14.0 Å². The Bertz CT molecular complexity index is 762. The second kappa shape index (κ2) is 7.09. The average Bonchev–Trinajstić information content (AvgIpc) is 3.05. The molecule has 1 amide bonds. The molecule has 0 bridgehead atoms. The van der Waals surface area contributed by atoms with Crippen LogP contribution in [0.2, 0.25) is 0 Å². The van der Waals surface area contributed by atoms with Crippen molar-refractivity contribution in [3.63, 3.8) is 0 Å². The quantitative estimate of drug-likeness (QED) is 0.922. The largest absolute Gasteiger partial charge is 0.481 e. The van der Waals surface area contributed by atoms with Crippen molar-refractivity contribution in [2.24, 2.45) is 5.92 Å². The van der Waals surface area contributed by atoms with Crippen molar-refractivity contribution >= 4 is 23.2 Å². The minimum atomic E-state index is -0.869. The smallest absolute Gasteiger partial charge is 0.308 e. The fourth-order valence-corrected chi connectivity index (χ4v) is 3.61. The van der Waals surface area contributed by atoms with E-state index >= 15 is 0 Å². The van der Waals surface area contributed by atoms with Gasteiger partial charge in [0.25, 0.3) is 5.91 Å². The van der Waals surface area contributed by atoms with Crippen LogP contribution in [-0.2, 0) is 11.2 Å². The standard InChI is InChI=1S/C17H17FN2O3S/c18-13-6-2-1-4-11(13)8-15-19-14(10-24-15)16(21)20-7-3-5-12(9-20)17(22)23/h1-2,4,6,10,12H,3,5,7-9H2,(H,22,23)/t12-/m0/s1. The number of aliphatic carboxylic acids is 1. The van der Waals surface area contributed by atoms with Gasteiger partial charge in [-0.2, -0.15) is 0 Å². The van der Waals surface area contributed by atoms with Gasteiger partial charge in [0, 0.05) is 24.9 Å². The molecule has 2 heterocycles. The lowest BCUT2D eigenvalue weighted by Gasteiger charge is -2.30. The van der Waals surface area contributed by atoms with E-state index in [-0.39, 0.29) is 18.3 Å². The Balaban J connectivity index is 1.70. The predicted molar refractivity (Wildman–Crippen MR) is 87.6 cm³/mol. The van der Waals surface area contributed by atoms with Gasteiger partial charge in [0.15, 0.2) is 0 Å². The summed E-state index contributed by atoms with van der Waals surface area (Å²) in [5, 5.41) is 11.4. The first kappa shape index (κ1) is 16.6. The minimum Gasteiger partial charge on any atom is -0.481 e. The molecule has 1 aliphatic heterocycles. The molecule has 1 aromatic heterocycles. The Hall–Kier alpha value is -2.28. The molecule has 1 N–H and O–H groups in total. The number of piperidine rings is 1. The molecule has 1 fully saturated rings. The third-order valence-electron chi connectivity index (χ3n) is 4.13. The summed E-state index contributed by atoms with van der Waals surface area (Å²) in [4.78, 5) is 29.5. The van der Waals surface area contributed by atoms with E-state index in [1.165, 1.54) is 17.4 Å². The van der Waals surface area contributed by atoms with Crippen molar-refractivity contribution in [2.75, 3.05) is 13.1 Å². The molecule has 0 spiro atoms. The van der Waals surface area contributed by atoms with Crippen LogP contribution in [0.4, 0.5) is 4.39 Å². The second-order valence-corrected chi connectivity index (χ2v) is 6.77. The molecule has 2 aromatic rings. The van der Waals surface area contributed by atoms with Gasteiger partial charge in [0.05, 0.1) is 10.9 Å². The van der Waals surface area contributed by atoms with Crippen LogP contribution in [0.5, 0.6) is 0 Å². The molecule has 0 aliphatic carbocycles. The summed E-state index contributed by atoms with van der Waals surface area (Å²) in [5.41, 5.74) is 0.840. The highest BCUT2D eigenvalue weighted by atomic mass is 32.1. The van der Waals surface area contributed by atoms with Crippen molar-refractivity contribution in [1.29, 1.82) is 0 Å². The maximum absolute atomic E-state index is 13.7. The molecule has 3 rings (SSSR count). The second-order valence-electron chi connectivity index (χ2n) is 5.82. The van der Waals surface area contributed by atoms with Gasteiger partial charge in [-0.3, -0.25) is 9.59 Å². The Morgan fingerprint density at radius 2 is 2.17 bits per heavy atom. The summed E-state index contributed by atoms with van der Waals surface area (Å²) >= 11 is 1.31. The Kier molecular flexibility index (Phi) is 4.89. The molecule has 126 valence electrons. The zero-order valence-corrected chi connectivity index (χ0v) is 13.8. The molecule has 1 atom stereocenters. The number of amides is 1. The Labute approximate surface area is 142 Å². The normalized spacial score (nSPS) is 17.7. The van der Waals surface area contributed by atoms with E-state index < -0.39 is 11.9 Å². The van der Waals surface area contributed by atoms with Crippen LogP contribution < -0.4 is 0 Å². The Morgan fingerprint density at radius 3 is 2.92 bits per heavy atom. The highest BCUT2D eigenvalue weighted by Gasteiger charge is 2.29. The number of carboxylic acids is 1. The number of carbonyl (C=O) groups is 2. The highest BCUT2D eigenvalue weighted by molar-refractivity contribution is 7.09. The zero-order valence-electron chi connectivity index (χ0n) is 12.9. The topological polar surface area (TPSA) is 70.5 Å². The van der Waals surface area contributed by atoms with E-state index in [2.05, 4.69) is 4.98 Å². The summed E-state index contributed by atoms with van der Waals surface area (Å²) < 4.78 is 13.7. The van der Waals surface area contributed by atoms with Crippen LogP contribution in [0.25, 0.3) is 0 Å². The minimum absolute atomic E-state index is 0.217. The van der Waals surface area contributed by atoms with Crippen molar-refractivity contribution in [3.05, 3.63) is 51.7 Å². The first-order valence-corrected chi connectivity index (χ1v) is 8.62. The van der Waals surface area contributed by atoms with E-state index in [4.69, 9.17) is 5.11 Å². The number of nitrogens with zero attached hydrogens (tertiary/aromatic N) is 2. The van der Waals surface area contributed by atoms with Gasteiger partial charge in [0.1, 0.15) is 11.5 Å². The van der Waals surface area contributed by atoms with Crippen molar-refractivity contribution in [1.82, 2.24) is 9.88 Å². The lowest BCUT2D eigenvalue weighted by molar-refractivity contribution is -0.143. The zero-order chi connectivity index (χ0) is 17.1. The van der Waals surface area contributed by atoms with Crippen LogP contribution in [-0.4, -0.2) is 40.0 Å². The van der Waals surface area contributed by atoms with Gasteiger partial charge in [-0.15, -0.1) is 11.3 Å². The summed E-state index contributed by atoms with van der Waals surface area (Å²) in [7, 11) is 0. The highest BCUT2D eigenvalue weighted by Crippen LogP contribution is 2.21. The van der Waals surface area contributed by atoms with Crippen molar-refractivity contribution in [3.8, 4) is 0 Å². The average molecular weight is 348 g/mol. The van der Waals surface area contributed by atoms with Crippen LogP contribution >= 0.6 is 11.3 Å². The van der Waals surface area contributed by atoms with Crippen molar-refractivity contribution in [2.45, 2.75) is 19.3 Å². The third-order valence-corrected chi connectivity index (χ3v) is 4.98. The van der Waals surface area contributed by atoms with Gasteiger partial charge >= 0.3 is 5.97 Å². The number of hydrogen-bond donors (Lipinski definition) is 1. The van der Waals surface area contributed by atoms with E-state index in [1.54, 1.807) is 28.5 Å². The van der Waals surface area contributed by atoms with Gasteiger partial charge in [-0.05, 0) is 24.5 Å². The molecule has 1 aromatic carbocycles. The number of carboxylic acid groups (broad SMARTS) is 1.